The van der Waals surface area contributed by atoms with Gasteiger partial charge in [0, 0.05) is 16.8 Å². The molecule has 0 bridgehead atoms. The van der Waals surface area contributed by atoms with E-state index in [9.17, 15) is 5.11 Å². The van der Waals surface area contributed by atoms with E-state index in [4.69, 9.17) is 11.5 Å². The highest BCUT2D eigenvalue weighted by Gasteiger charge is 2.64. The second-order valence-electron chi connectivity index (χ2n) is 15.3. The first kappa shape index (κ1) is 28.1. The number of allylic oxidation sites excluding steroid dienone is 2. The van der Waals surface area contributed by atoms with Crippen LogP contribution in [0.25, 0.3) is 0 Å². The first-order chi connectivity index (χ1) is 17.9. The van der Waals surface area contributed by atoms with Crippen molar-refractivity contribution in [1.29, 1.82) is 0 Å². The summed E-state index contributed by atoms with van der Waals surface area (Å²) >= 11 is 0. The molecular formula is C35H56N2O. The van der Waals surface area contributed by atoms with E-state index in [0.29, 0.717) is 16.7 Å². The van der Waals surface area contributed by atoms with Gasteiger partial charge in [-0.05, 0) is 149 Å². The number of nitrogen functional groups attached to an aromatic ring is 2. The Hall–Kier alpha value is -1.48. The fraction of sp³-hybridized carbons (Fsp3) is 0.771. The predicted octanol–water partition coefficient (Wildman–Crippen LogP) is 8.41. The molecule has 1 aromatic carbocycles. The lowest BCUT2D eigenvalue weighted by Gasteiger charge is -2.65. The smallest absolute Gasteiger partial charge is 0.0600 e. The van der Waals surface area contributed by atoms with E-state index in [1.165, 1.54) is 63.4 Å². The monoisotopic (exact) mass is 520 g/mol. The van der Waals surface area contributed by atoms with Gasteiger partial charge in [-0.1, -0.05) is 45.4 Å². The summed E-state index contributed by atoms with van der Waals surface area (Å²) < 4.78 is 0. The summed E-state index contributed by atoms with van der Waals surface area (Å²) in [6.45, 7) is 14.7. The molecule has 0 aromatic heterocycles. The lowest BCUT2D eigenvalue weighted by molar-refractivity contribution is -0.184. The molecule has 0 heterocycles. The van der Waals surface area contributed by atoms with Gasteiger partial charge >= 0.3 is 0 Å². The average Bonchev–Trinajstić information content (AvgIpc) is 3.21. The summed E-state index contributed by atoms with van der Waals surface area (Å²) in [6, 6.07) is 5.96. The third kappa shape index (κ3) is 4.53. The van der Waals surface area contributed by atoms with Crippen molar-refractivity contribution in [3.05, 3.63) is 35.4 Å². The summed E-state index contributed by atoms with van der Waals surface area (Å²) in [6.07, 6.45) is 16.0. The van der Waals surface area contributed by atoms with Gasteiger partial charge in [0.05, 0.1) is 6.10 Å². The van der Waals surface area contributed by atoms with Gasteiger partial charge in [-0.25, -0.2) is 0 Å². The van der Waals surface area contributed by atoms with Gasteiger partial charge in [-0.2, -0.15) is 0 Å². The van der Waals surface area contributed by atoms with Gasteiger partial charge in [0.2, 0.25) is 0 Å². The quantitative estimate of drug-likeness (QED) is 0.260. The molecule has 4 fully saturated rings. The Balaban J connectivity index is 1.37. The third-order valence-electron chi connectivity index (χ3n) is 13.1. The number of hydrogen-bond acceptors (Lipinski definition) is 3. The largest absolute Gasteiger partial charge is 0.399 e. The van der Waals surface area contributed by atoms with Crippen molar-refractivity contribution in [1.82, 2.24) is 0 Å². The highest BCUT2D eigenvalue weighted by Crippen LogP contribution is 2.70. The molecule has 10 unspecified atom stereocenters. The van der Waals surface area contributed by atoms with Gasteiger partial charge < -0.3 is 16.6 Å². The molecule has 0 spiro atoms. The lowest BCUT2D eigenvalue weighted by Crippen LogP contribution is -2.60. The van der Waals surface area contributed by atoms with Crippen LogP contribution in [0.3, 0.4) is 0 Å². The predicted molar refractivity (Wildman–Crippen MR) is 162 cm³/mol. The Morgan fingerprint density at radius 1 is 0.974 bits per heavy atom. The molecule has 0 amide bonds. The van der Waals surface area contributed by atoms with Crippen molar-refractivity contribution in [3.8, 4) is 0 Å². The molecule has 3 heteroatoms. The highest BCUT2D eigenvalue weighted by molar-refractivity contribution is 5.57. The van der Waals surface area contributed by atoms with E-state index < -0.39 is 0 Å². The molecule has 4 saturated carbocycles. The van der Waals surface area contributed by atoms with Gasteiger partial charge in [0.15, 0.2) is 0 Å². The fourth-order valence-electron chi connectivity index (χ4n) is 11.1. The first-order valence-electron chi connectivity index (χ1n) is 15.9. The van der Waals surface area contributed by atoms with Crippen LogP contribution in [0.1, 0.15) is 111 Å². The zero-order chi connectivity index (χ0) is 27.5. The molecule has 0 saturated heterocycles. The van der Waals surface area contributed by atoms with Gasteiger partial charge in [0.1, 0.15) is 0 Å². The van der Waals surface area contributed by atoms with Crippen LogP contribution in [0.2, 0.25) is 0 Å². The van der Waals surface area contributed by atoms with E-state index >= 15 is 0 Å². The van der Waals surface area contributed by atoms with E-state index in [0.717, 1.165) is 59.4 Å². The van der Waals surface area contributed by atoms with Crippen LogP contribution in [-0.2, 0) is 6.42 Å². The van der Waals surface area contributed by atoms with E-state index in [-0.39, 0.29) is 11.5 Å². The van der Waals surface area contributed by atoms with Crippen molar-refractivity contribution >= 4 is 11.4 Å². The molecule has 3 nitrogen and oxygen atoms in total. The number of hydrogen-bond donors (Lipinski definition) is 3. The number of rotatable bonds is 6. The van der Waals surface area contributed by atoms with E-state index in [1.54, 1.807) is 0 Å². The standard InChI is InChI=1S/C35H56N2O/c1-22(2)8-7-9-23(3)27-13-14-28-26-12-15-31-34(5,29(26)16-18-33(27,28)4)19-17-32(38)35(31,6)21-24-10-11-25(36)20-30(24)37/h8,10-11,20,23,26-29,31-32,38H,7,9,12-19,21,36-37H2,1-6H3. The minimum atomic E-state index is -0.263. The number of nitrogens with two attached hydrogens (primary N) is 2. The topological polar surface area (TPSA) is 72.3 Å². The Morgan fingerprint density at radius 3 is 2.39 bits per heavy atom. The average molecular weight is 521 g/mol. The molecule has 212 valence electrons. The summed E-state index contributed by atoms with van der Waals surface area (Å²) in [4.78, 5) is 0. The van der Waals surface area contributed by atoms with Gasteiger partial charge in [-0.3, -0.25) is 0 Å². The molecule has 4 aliphatic rings. The molecule has 5 rings (SSSR count). The normalized spacial score (nSPS) is 43.0. The molecule has 5 N–H and O–H groups in total. The summed E-state index contributed by atoms with van der Waals surface area (Å²) in [7, 11) is 0. The van der Waals surface area contributed by atoms with Crippen molar-refractivity contribution in [2.45, 2.75) is 118 Å². The van der Waals surface area contributed by atoms with Gasteiger partial charge in [-0.15, -0.1) is 0 Å². The number of anilines is 2. The molecule has 38 heavy (non-hydrogen) atoms. The van der Waals surface area contributed by atoms with Crippen LogP contribution in [0.4, 0.5) is 11.4 Å². The molecule has 10 atom stereocenters. The maximum absolute atomic E-state index is 11.5. The molecule has 1 aromatic rings. The van der Waals surface area contributed by atoms with Crippen molar-refractivity contribution < 1.29 is 5.11 Å². The molecule has 0 radical (unpaired) electrons. The second kappa shape index (κ2) is 10.2. The van der Waals surface area contributed by atoms with Gasteiger partial charge in [0.25, 0.3) is 0 Å². The Kier molecular flexibility index (Phi) is 7.51. The zero-order valence-electron chi connectivity index (χ0n) is 25.2. The van der Waals surface area contributed by atoms with Crippen LogP contribution in [0.15, 0.2) is 29.8 Å². The number of fused-ring (bicyclic) bond motifs is 5. The Labute approximate surface area is 233 Å². The van der Waals surface area contributed by atoms with Crippen LogP contribution in [0.5, 0.6) is 0 Å². The molecular weight excluding hydrogens is 464 g/mol. The Bertz CT molecular complexity index is 1040. The number of aliphatic hydroxyl groups is 1. The minimum Gasteiger partial charge on any atom is -0.399 e. The van der Waals surface area contributed by atoms with Crippen LogP contribution < -0.4 is 11.5 Å². The SMILES string of the molecule is CC(C)=CCCC(C)C1CCC2C3CCC4C(C)(Cc5ccc(N)cc5N)C(O)CCC4(C)C3CCC12C. The Morgan fingerprint density at radius 2 is 1.68 bits per heavy atom. The maximum Gasteiger partial charge on any atom is 0.0600 e. The minimum absolute atomic E-state index is 0.138. The van der Waals surface area contributed by atoms with Crippen molar-refractivity contribution in [2.75, 3.05) is 11.5 Å². The number of aliphatic hydroxyl groups excluding tert-OH is 1. The van der Waals surface area contributed by atoms with E-state index in [1.807, 2.05) is 12.1 Å². The maximum atomic E-state index is 11.5. The van der Waals surface area contributed by atoms with Crippen LogP contribution >= 0.6 is 0 Å². The van der Waals surface area contributed by atoms with Crippen molar-refractivity contribution in [3.63, 3.8) is 0 Å². The summed E-state index contributed by atoms with van der Waals surface area (Å²) in [5.74, 6) is 4.81. The van der Waals surface area contributed by atoms with Crippen molar-refractivity contribution in [2.24, 2.45) is 51.8 Å². The first-order valence-corrected chi connectivity index (χ1v) is 15.9. The highest BCUT2D eigenvalue weighted by atomic mass is 16.3. The zero-order valence-corrected chi connectivity index (χ0v) is 25.2. The van der Waals surface area contributed by atoms with Crippen LogP contribution in [-0.4, -0.2) is 11.2 Å². The lowest BCUT2D eigenvalue weighted by atomic mass is 9.40. The third-order valence-corrected chi connectivity index (χ3v) is 13.1. The fourth-order valence-corrected chi connectivity index (χ4v) is 11.1. The van der Waals surface area contributed by atoms with Crippen LogP contribution in [0, 0.1) is 51.8 Å². The summed E-state index contributed by atoms with van der Waals surface area (Å²) in [5.41, 5.74) is 17.3. The molecule has 4 aliphatic carbocycles. The second-order valence-corrected chi connectivity index (χ2v) is 15.3. The molecule has 0 aliphatic heterocycles. The van der Waals surface area contributed by atoms with E-state index in [2.05, 4.69) is 53.7 Å². The number of benzene rings is 1. The summed E-state index contributed by atoms with van der Waals surface area (Å²) in [5, 5.41) is 11.5.